The summed E-state index contributed by atoms with van der Waals surface area (Å²) in [4.78, 5) is 26.8. The fraction of sp³-hybridized carbons (Fsp3) is 0.409. The minimum atomic E-state index is -0.216. The number of hydrogen-bond acceptors (Lipinski definition) is 8. The molecular formula is C22H27N5O4S. The van der Waals surface area contributed by atoms with Gasteiger partial charge in [-0.25, -0.2) is 14.8 Å². The predicted octanol–water partition coefficient (Wildman–Crippen LogP) is 3.85. The van der Waals surface area contributed by atoms with Crippen molar-refractivity contribution in [1.82, 2.24) is 14.9 Å². The number of fused-ring (bicyclic) bond motifs is 1. The predicted molar refractivity (Wildman–Crippen MR) is 126 cm³/mol. The number of carbonyl (C=O) groups is 1. The lowest BCUT2D eigenvalue weighted by atomic mass is 10.2. The molecule has 2 aromatic heterocycles. The van der Waals surface area contributed by atoms with Gasteiger partial charge in [0, 0.05) is 50.1 Å². The third-order valence-corrected chi connectivity index (χ3v) is 5.90. The molecule has 1 aliphatic heterocycles. The van der Waals surface area contributed by atoms with Crippen molar-refractivity contribution in [2.75, 3.05) is 50.6 Å². The van der Waals surface area contributed by atoms with Crippen molar-refractivity contribution in [3.8, 4) is 17.4 Å². The van der Waals surface area contributed by atoms with Gasteiger partial charge in [0.2, 0.25) is 0 Å². The van der Waals surface area contributed by atoms with Gasteiger partial charge in [0.05, 0.1) is 20.3 Å². The van der Waals surface area contributed by atoms with E-state index < -0.39 is 0 Å². The van der Waals surface area contributed by atoms with Crippen LogP contribution in [0.2, 0.25) is 0 Å². The Kier molecular flexibility index (Phi) is 6.50. The van der Waals surface area contributed by atoms with E-state index in [1.165, 1.54) is 11.3 Å². The monoisotopic (exact) mass is 457 g/mol. The number of hydrogen-bond donors (Lipinski definition) is 1. The van der Waals surface area contributed by atoms with Crippen LogP contribution in [-0.4, -0.2) is 67.4 Å². The largest absolute Gasteiger partial charge is 0.497 e. The molecule has 1 aliphatic rings. The van der Waals surface area contributed by atoms with Gasteiger partial charge in [-0.2, -0.15) is 0 Å². The van der Waals surface area contributed by atoms with Crippen LogP contribution < -0.4 is 24.4 Å². The Hall–Kier alpha value is -3.27. The number of ether oxygens (including phenoxy) is 3. The Morgan fingerprint density at radius 1 is 1.06 bits per heavy atom. The highest BCUT2D eigenvalue weighted by molar-refractivity contribution is 7.16. The van der Waals surface area contributed by atoms with E-state index in [0.717, 1.165) is 27.5 Å². The Balaban J connectivity index is 1.44. The maximum Gasteiger partial charge on any atom is 0.323 e. The summed E-state index contributed by atoms with van der Waals surface area (Å²) in [5.74, 6) is 2.15. The molecule has 32 heavy (non-hydrogen) atoms. The summed E-state index contributed by atoms with van der Waals surface area (Å²) in [6, 6.07) is 7.46. The number of methoxy groups -OCH3 is 2. The highest BCUT2D eigenvalue weighted by Gasteiger charge is 2.24. The van der Waals surface area contributed by atoms with Gasteiger partial charge in [-0.1, -0.05) is 0 Å². The van der Waals surface area contributed by atoms with Crippen molar-refractivity contribution < 1.29 is 19.0 Å². The van der Waals surface area contributed by atoms with Crippen molar-refractivity contribution in [1.29, 1.82) is 0 Å². The fourth-order valence-electron chi connectivity index (χ4n) is 3.48. The van der Waals surface area contributed by atoms with Crippen molar-refractivity contribution in [3.05, 3.63) is 29.6 Å². The summed E-state index contributed by atoms with van der Waals surface area (Å²) in [5.41, 5.74) is 1.76. The van der Waals surface area contributed by atoms with Gasteiger partial charge < -0.3 is 24.0 Å². The van der Waals surface area contributed by atoms with Crippen LogP contribution in [0, 0.1) is 0 Å². The number of aromatic nitrogens is 2. The molecule has 3 heterocycles. The number of benzene rings is 1. The SMILES string of the molecule is COc1cc(OC)cc(N2CCN(C(=O)Nc3nc4sccc4nc3OC(C)C)CC2)c1. The van der Waals surface area contributed by atoms with Crippen molar-refractivity contribution in [2.24, 2.45) is 0 Å². The van der Waals surface area contributed by atoms with E-state index in [2.05, 4.69) is 20.2 Å². The number of amides is 2. The fourth-order valence-corrected chi connectivity index (χ4v) is 4.19. The summed E-state index contributed by atoms with van der Waals surface area (Å²) in [6.45, 7) is 6.35. The van der Waals surface area contributed by atoms with Crippen molar-refractivity contribution in [3.63, 3.8) is 0 Å². The number of rotatable bonds is 6. The summed E-state index contributed by atoms with van der Waals surface area (Å²) in [7, 11) is 3.27. The number of thiophene rings is 1. The lowest BCUT2D eigenvalue weighted by Crippen LogP contribution is -2.50. The van der Waals surface area contributed by atoms with Crippen LogP contribution in [0.25, 0.3) is 10.3 Å². The molecule has 0 unspecified atom stereocenters. The normalized spacial score (nSPS) is 14.0. The molecule has 0 atom stereocenters. The van der Waals surface area contributed by atoms with Gasteiger partial charge in [-0.15, -0.1) is 11.3 Å². The third kappa shape index (κ3) is 4.80. The zero-order chi connectivity index (χ0) is 22.7. The van der Waals surface area contributed by atoms with Crippen LogP contribution in [0.4, 0.5) is 16.3 Å². The number of urea groups is 1. The first-order chi connectivity index (χ1) is 15.5. The molecule has 1 N–H and O–H groups in total. The Labute approximate surface area is 190 Å². The van der Waals surface area contributed by atoms with Crippen LogP contribution in [0.3, 0.4) is 0 Å². The maximum atomic E-state index is 13.0. The number of nitrogens with zero attached hydrogens (tertiary/aromatic N) is 4. The molecule has 4 rings (SSSR count). The van der Waals surface area contributed by atoms with E-state index in [0.29, 0.717) is 37.9 Å². The molecule has 9 nitrogen and oxygen atoms in total. The zero-order valence-electron chi connectivity index (χ0n) is 18.6. The number of piperazine rings is 1. The third-order valence-electron chi connectivity index (χ3n) is 5.10. The van der Waals surface area contributed by atoms with Crippen LogP contribution in [0.15, 0.2) is 29.6 Å². The Morgan fingerprint density at radius 3 is 2.38 bits per heavy atom. The van der Waals surface area contributed by atoms with Gasteiger partial charge in [0.1, 0.15) is 21.8 Å². The first-order valence-electron chi connectivity index (χ1n) is 10.4. The first-order valence-corrected chi connectivity index (χ1v) is 11.3. The second kappa shape index (κ2) is 9.47. The average Bonchev–Trinajstić information content (AvgIpc) is 3.25. The van der Waals surface area contributed by atoms with Crippen LogP contribution >= 0.6 is 11.3 Å². The molecule has 10 heteroatoms. The Morgan fingerprint density at radius 2 is 1.75 bits per heavy atom. The Bertz CT molecular complexity index is 1070. The quantitative estimate of drug-likeness (QED) is 0.601. The van der Waals surface area contributed by atoms with Crippen molar-refractivity contribution in [2.45, 2.75) is 20.0 Å². The molecule has 1 aromatic carbocycles. The zero-order valence-corrected chi connectivity index (χ0v) is 19.4. The van der Waals surface area contributed by atoms with Crippen LogP contribution in [-0.2, 0) is 0 Å². The summed E-state index contributed by atoms with van der Waals surface area (Å²) < 4.78 is 16.5. The minimum absolute atomic E-state index is 0.0839. The molecule has 170 valence electrons. The summed E-state index contributed by atoms with van der Waals surface area (Å²) >= 11 is 1.47. The molecule has 0 aliphatic carbocycles. The second-order valence-electron chi connectivity index (χ2n) is 7.63. The van der Waals surface area contributed by atoms with Gasteiger partial charge >= 0.3 is 6.03 Å². The molecule has 3 aromatic rings. The first kappa shape index (κ1) is 21.9. The molecule has 0 spiro atoms. The van der Waals surface area contributed by atoms with E-state index in [-0.39, 0.29) is 12.1 Å². The number of carbonyl (C=O) groups excluding carboxylic acids is 1. The molecule has 0 saturated carbocycles. The molecule has 1 fully saturated rings. The van der Waals surface area contributed by atoms with Crippen molar-refractivity contribution >= 4 is 39.2 Å². The van der Waals surface area contributed by atoms with Gasteiger partial charge in [0.25, 0.3) is 5.88 Å². The molecule has 2 amide bonds. The van der Waals surface area contributed by atoms with Gasteiger partial charge in [-0.3, -0.25) is 5.32 Å². The van der Waals surface area contributed by atoms with Crippen LogP contribution in [0.5, 0.6) is 17.4 Å². The minimum Gasteiger partial charge on any atom is -0.497 e. The molecular weight excluding hydrogens is 430 g/mol. The highest BCUT2D eigenvalue weighted by atomic mass is 32.1. The van der Waals surface area contributed by atoms with E-state index >= 15 is 0 Å². The topological polar surface area (TPSA) is 89.1 Å². The van der Waals surface area contributed by atoms with E-state index in [1.807, 2.05) is 43.5 Å². The van der Waals surface area contributed by atoms with Gasteiger partial charge in [-0.05, 0) is 25.3 Å². The smallest absolute Gasteiger partial charge is 0.323 e. The van der Waals surface area contributed by atoms with E-state index in [1.54, 1.807) is 19.1 Å². The van der Waals surface area contributed by atoms with Gasteiger partial charge in [0.15, 0.2) is 5.82 Å². The molecule has 1 saturated heterocycles. The lowest BCUT2D eigenvalue weighted by Gasteiger charge is -2.36. The van der Waals surface area contributed by atoms with E-state index in [9.17, 15) is 4.79 Å². The molecule has 0 bridgehead atoms. The standard InChI is InChI=1S/C22H27N5O4S/c1-14(2)31-20-19(24-21-18(23-20)5-10-32-21)25-22(28)27-8-6-26(7-9-27)15-11-16(29-3)13-17(12-15)30-4/h5,10-14H,6-9H2,1-4H3,(H,24,25,28). The van der Waals surface area contributed by atoms with E-state index in [4.69, 9.17) is 14.2 Å². The lowest BCUT2D eigenvalue weighted by molar-refractivity contribution is 0.207. The summed E-state index contributed by atoms with van der Waals surface area (Å²) in [6.07, 6.45) is -0.0839. The number of nitrogens with one attached hydrogen (secondary N) is 1. The average molecular weight is 458 g/mol. The van der Waals surface area contributed by atoms with Crippen LogP contribution in [0.1, 0.15) is 13.8 Å². The molecule has 0 radical (unpaired) electrons. The number of anilines is 2. The second-order valence-corrected chi connectivity index (χ2v) is 8.52. The highest BCUT2D eigenvalue weighted by Crippen LogP contribution is 2.30. The summed E-state index contributed by atoms with van der Waals surface area (Å²) in [5, 5.41) is 4.81. The maximum absolute atomic E-state index is 13.0.